The van der Waals surface area contributed by atoms with Crippen LogP contribution in [0.25, 0.3) is 0 Å². The number of carbonyl (C=O) groups is 2. The van der Waals surface area contributed by atoms with Crippen LogP contribution >= 0.6 is 0 Å². The van der Waals surface area contributed by atoms with Gasteiger partial charge in [-0.25, -0.2) is 0 Å². The maximum atomic E-state index is 11.8. The van der Waals surface area contributed by atoms with E-state index in [2.05, 4.69) is 29.2 Å². The number of benzene rings is 1. The number of nitrogens with two attached hydrogens (primary N) is 1. The van der Waals surface area contributed by atoms with E-state index in [0.717, 1.165) is 0 Å². The minimum absolute atomic E-state index is 0.145. The summed E-state index contributed by atoms with van der Waals surface area (Å²) in [5.74, 6) is -1.80. The molecular formula is C16H19NO7S. The molecule has 8 nitrogen and oxygen atoms in total. The van der Waals surface area contributed by atoms with E-state index in [1.165, 1.54) is 17.7 Å². The summed E-state index contributed by atoms with van der Waals surface area (Å²) in [5, 5.41) is 18.4. The Balaban J connectivity index is 0.000000269. The smallest absolute Gasteiger partial charge is 0.329 e. The first-order valence-corrected chi connectivity index (χ1v) is 8.88. The average Bonchev–Trinajstić information content (AvgIpc) is 3.15. The van der Waals surface area contributed by atoms with Gasteiger partial charge in [-0.1, -0.05) is 48.0 Å². The molecule has 0 aromatic heterocycles. The van der Waals surface area contributed by atoms with Crippen molar-refractivity contribution in [1.29, 1.82) is 0 Å². The van der Waals surface area contributed by atoms with Gasteiger partial charge in [0.2, 0.25) is 4.75 Å². The van der Waals surface area contributed by atoms with E-state index >= 15 is 0 Å². The highest BCUT2D eigenvalue weighted by molar-refractivity contribution is 7.89. The van der Waals surface area contributed by atoms with Gasteiger partial charge in [-0.05, 0) is 19.3 Å². The number of hydrogen-bond acceptors (Lipinski definition) is 6. The van der Waals surface area contributed by atoms with Crippen LogP contribution in [0.3, 0.4) is 0 Å². The fourth-order valence-corrected chi connectivity index (χ4v) is 5.07. The molecule has 0 heterocycles. The van der Waals surface area contributed by atoms with Crippen molar-refractivity contribution in [3.63, 3.8) is 0 Å². The van der Waals surface area contributed by atoms with Gasteiger partial charge in [0.1, 0.15) is 0 Å². The zero-order valence-electron chi connectivity index (χ0n) is 13.4. The standard InChI is InChI=1S/C9H11NO7S.C7H8/c10-17-18(15,16)9(8(13)14)5-2-1-4(3-5)6(9)7(11)12;1-7-5-3-2-4-6-7/h1-2,4-6H,3,10H2,(H,11,12)(H,13,14);2-6H,1H3. The molecule has 0 radical (unpaired) electrons. The first-order valence-electron chi connectivity index (χ1n) is 7.47. The number of hydrogen-bond donors (Lipinski definition) is 3. The molecule has 25 heavy (non-hydrogen) atoms. The number of aliphatic carboxylic acids is 2. The Labute approximate surface area is 145 Å². The first-order chi connectivity index (χ1) is 11.7. The highest BCUT2D eigenvalue weighted by atomic mass is 32.2. The topological polar surface area (TPSA) is 144 Å². The second-order valence-corrected chi connectivity index (χ2v) is 7.79. The van der Waals surface area contributed by atoms with Crippen molar-refractivity contribution < 1.29 is 32.5 Å². The van der Waals surface area contributed by atoms with Gasteiger partial charge in [-0.15, -0.1) is 0 Å². The molecule has 3 rings (SSSR count). The van der Waals surface area contributed by atoms with E-state index in [1.54, 1.807) is 0 Å². The van der Waals surface area contributed by atoms with Crippen LogP contribution in [0.1, 0.15) is 12.0 Å². The fraction of sp³-hybridized carbons (Fsp3) is 0.375. The van der Waals surface area contributed by atoms with E-state index < -0.39 is 44.6 Å². The zero-order chi connectivity index (χ0) is 18.8. The normalized spacial score (nSPS) is 29.8. The Morgan fingerprint density at radius 1 is 1.20 bits per heavy atom. The summed E-state index contributed by atoms with van der Waals surface area (Å²) in [6.45, 7) is 2.08. The fourth-order valence-electron chi connectivity index (χ4n) is 3.56. The van der Waals surface area contributed by atoms with Crippen LogP contribution in [-0.2, 0) is 24.0 Å². The van der Waals surface area contributed by atoms with Crippen LogP contribution < -0.4 is 5.90 Å². The minimum Gasteiger partial charge on any atom is -0.481 e. The lowest BCUT2D eigenvalue weighted by atomic mass is 9.82. The van der Waals surface area contributed by atoms with E-state index in [9.17, 15) is 23.1 Å². The van der Waals surface area contributed by atoms with Gasteiger partial charge in [0.15, 0.2) is 0 Å². The third-order valence-electron chi connectivity index (χ3n) is 4.64. The molecule has 0 amide bonds. The summed E-state index contributed by atoms with van der Waals surface area (Å²) >= 11 is 0. The van der Waals surface area contributed by atoms with Gasteiger partial charge in [0.05, 0.1) is 5.92 Å². The Hall–Kier alpha value is -2.23. The third kappa shape index (κ3) is 3.06. The number of allylic oxidation sites excluding steroid dienone is 2. The molecule has 1 fully saturated rings. The van der Waals surface area contributed by atoms with Gasteiger partial charge in [0, 0.05) is 5.92 Å². The summed E-state index contributed by atoms with van der Waals surface area (Å²) in [5.41, 5.74) is 1.32. The van der Waals surface area contributed by atoms with Crippen LogP contribution in [0.5, 0.6) is 0 Å². The molecule has 2 aliphatic carbocycles. The molecule has 2 aliphatic rings. The number of carboxylic acids is 2. The van der Waals surface area contributed by atoms with Crippen LogP contribution in [0.2, 0.25) is 0 Å². The van der Waals surface area contributed by atoms with Crippen LogP contribution in [0.4, 0.5) is 0 Å². The third-order valence-corrected chi connectivity index (χ3v) is 6.45. The van der Waals surface area contributed by atoms with Crippen molar-refractivity contribution in [2.75, 3.05) is 0 Å². The maximum absolute atomic E-state index is 11.8. The van der Waals surface area contributed by atoms with Crippen LogP contribution in [-0.4, -0.2) is 35.3 Å². The molecule has 0 spiro atoms. The largest absolute Gasteiger partial charge is 0.481 e. The summed E-state index contributed by atoms with van der Waals surface area (Å²) in [6.07, 6.45) is 3.07. The zero-order valence-corrected chi connectivity index (χ0v) is 14.2. The van der Waals surface area contributed by atoms with Gasteiger partial charge in [-0.2, -0.15) is 18.6 Å². The Bertz CT molecular complexity index is 790. The van der Waals surface area contributed by atoms with E-state index in [0.29, 0.717) is 0 Å². The van der Waals surface area contributed by atoms with Crippen molar-refractivity contribution in [1.82, 2.24) is 0 Å². The molecule has 2 bridgehead atoms. The number of fused-ring (bicyclic) bond motifs is 2. The van der Waals surface area contributed by atoms with Crippen LogP contribution in [0.15, 0.2) is 42.5 Å². The SMILES string of the molecule is Cc1ccccc1.NOS(=O)(=O)C1(C(=O)O)C2C=CC(C2)C1C(=O)O. The molecule has 1 saturated carbocycles. The average molecular weight is 369 g/mol. The molecule has 0 aliphatic heterocycles. The molecule has 4 atom stereocenters. The lowest BCUT2D eigenvalue weighted by Gasteiger charge is -2.33. The quantitative estimate of drug-likeness (QED) is 0.525. The number of aryl methyl sites for hydroxylation is 1. The summed E-state index contributed by atoms with van der Waals surface area (Å²) < 4.78 is 25.0. The highest BCUT2D eigenvalue weighted by Crippen LogP contribution is 2.55. The minimum atomic E-state index is -4.74. The van der Waals surface area contributed by atoms with E-state index in [1.807, 2.05) is 18.2 Å². The summed E-state index contributed by atoms with van der Waals surface area (Å²) in [6, 6.07) is 10.3. The number of rotatable bonds is 4. The molecule has 9 heteroatoms. The lowest BCUT2D eigenvalue weighted by molar-refractivity contribution is -0.152. The molecular weight excluding hydrogens is 350 g/mol. The van der Waals surface area contributed by atoms with Gasteiger partial charge in [0.25, 0.3) is 0 Å². The van der Waals surface area contributed by atoms with Crippen molar-refractivity contribution >= 4 is 22.1 Å². The molecule has 1 aromatic carbocycles. The molecule has 4 unspecified atom stereocenters. The highest BCUT2D eigenvalue weighted by Gasteiger charge is 2.72. The van der Waals surface area contributed by atoms with Crippen LogP contribution in [0, 0.1) is 24.7 Å². The predicted octanol–water partition coefficient (Wildman–Crippen LogP) is 0.932. The second-order valence-electron chi connectivity index (χ2n) is 6.01. The summed E-state index contributed by atoms with van der Waals surface area (Å²) in [4.78, 5) is 22.6. The Morgan fingerprint density at radius 3 is 2.20 bits per heavy atom. The van der Waals surface area contributed by atoms with Gasteiger partial charge >= 0.3 is 22.1 Å². The monoisotopic (exact) mass is 369 g/mol. The maximum Gasteiger partial charge on any atom is 0.329 e. The Kier molecular flexibility index (Phi) is 5.31. The van der Waals surface area contributed by atoms with Crippen molar-refractivity contribution in [2.45, 2.75) is 18.1 Å². The Morgan fingerprint density at radius 2 is 1.80 bits per heavy atom. The second kappa shape index (κ2) is 6.95. The molecule has 1 aromatic rings. The van der Waals surface area contributed by atoms with E-state index in [4.69, 9.17) is 5.11 Å². The summed E-state index contributed by atoms with van der Waals surface area (Å²) in [7, 11) is -4.74. The van der Waals surface area contributed by atoms with Gasteiger partial charge in [-0.3, -0.25) is 9.59 Å². The van der Waals surface area contributed by atoms with E-state index in [-0.39, 0.29) is 6.42 Å². The first kappa shape index (κ1) is 19.1. The lowest BCUT2D eigenvalue weighted by Crippen LogP contribution is -2.58. The van der Waals surface area contributed by atoms with Crippen molar-refractivity contribution in [2.24, 2.45) is 23.7 Å². The number of carboxylic acid groups (broad SMARTS) is 2. The molecule has 0 saturated heterocycles. The van der Waals surface area contributed by atoms with Crippen molar-refractivity contribution in [3.05, 3.63) is 48.0 Å². The van der Waals surface area contributed by atoms with Crippen molar-refractivity contribution in [3.8, 4) is 0 Å². The molecule has 4 N–H and O–H groups in total. The van der Waals surface area contributed by atoms with Gasteiger partial charge < -0.3 is 10.2 Å². The predicted molar refractivity (Wildman–Crippen MR) is 87.6 cm³/mol. The molecule has 136 valence electrons.